The van der Waals surface area contributed by atoms with E-state index in [1.54, 1.807) is 19.1 Å². The van der Waals surface area contributed by atoms with Crippen LogP contribution in [0.1, 0.15) is 15.9 Å². The molecule has 0 radical (unpaired) electrons. The first-order valence-corrected chi connectivity index (χ1v) is 3.17. The van der Waals surface area contributed by atoms with Gasteiger partial charge < -0.3 is 0 Å². The molecule has 0 aliphatic rings. The summed E-state index contributed by atoms with van der Waals surface area (Å²) in [4.78, 5) is 20.3. The van der Waals surface area contributed by atoms with Crippen molar-refractivity contribution in [3.63, 3.8) is 0 Å². The van der Waals surface area contributed by atoms with Crippen LogP contribution in [0.25, 0.3) is 0 Å². The van der Waals surface area contributed by atoms with Crippen LogP contribution in [-0.2, 0) is 0 Å². The fourth-order valence-electron chi connectivity index (χ4n) is 0.854. The van der Waals surface area contributed by atoms with E-state index >= 15 is 0 Å². The molecule has 0 aromatic heterocycles. The molecule has 1 aromatic rings. The average molecular weight is 149 g/mol. The van der Waals surface area contributed by atoms with Gasteiger partial charge in [0.2, 0.25) is 0 Å². The second-order valence-electron chi connectivity index (χ2n) is 2.26. The Balaban J connectivity index is 3.18. The third kappa shape index (κ3) is 1.49. The molecular weight excluding hydrogens is 142 g/mol. The topological polar surface area (TPSA) is 46.5 Å². The zero-order chi connectivity index (χ0) is 8.27. The van der Waals surface area contributed by atoms with Crippen LogP contribution < -0.4 is 0 Å². The van der Waals surface area contributed by atoms with Crippen molar-refractivity contribution in [2.75, 3.05) is 0 Å². The second kappa shape index (κ2) is 3.05. The average Bonchev–Trinajstić information content (AvgIpc) is 2.04. The monoisotopic (exact) mass is 149 g/mol. The molecule has 0 N–H and O–H groups in total. The van der Waals surface area contributed by atoms with E-state index in [1.807, 2.05) is 0 Å². The Morgan fingerprint density at radius 1 is 1.45 bits per heavy atom. The van der Waals surface area contributed by atoms with Gasteiger partial charge in [-0.3, -0.25) is 4.79 Å². The number of carbonyl (C=O) groups excluding carboxylic acids is 1. The highest BCUT2D eigenvalue weighted by atomic mass is 16.3. The van der Waals surface area contributed by atoms with Gasteiger partial charge in [0, 0.05) is 5.56 Å². The Labute approximate surface area is 64.0 Å². The van der Waals surface area contributed by atoms with E-state index in [0.717, 1.165) is 11.8 Å². The number of nitroso groups, excluding NO2 is 1. The van der Waals surface area contributed by atoms with Crippen molar-refractivity contribution in [2.45, 2.75) is 6.92 Å². The van der Waals surface area contributed by atoms with Gasteiger partial charge in [0.1, 0.15) is 12.0 Å². The van der Waals surface area contributed by atoms with Crippen molar-refractivity contribution < 1.29 is 4.79 Å². The third-order valence-electron chi connectivity index (χ3n) is 1.46. The number of rotatable bonds is 2. The Kier molecular flexibility index (Phi) is 2.11. The highest BCUT2D eigenvalue weighted by Gasteiger charge is 1.97. The summed E-state index contributed by atoms with van der Waals surface area (Å²) in [5.41, 5.74) is 1.68. The predicted octanol–water partition coefficient (Wildman–Crippen LogP) is 2.21. The standard InChI is InChI=1S/C8H7NO2/c1-6-4-7(5-10)2-3-8(6)9-11/h2-5H,1H3. The summed E-state index contributed by atoms with van der Waals surface area (Å²) in [5.74, 6) is 0. The number of benzene rings is 1. The minimum Gasteiger partial charge on any atom is -0.298 e. The summed E-state index contributed by atoms with van der Waals surface area (Å²) in [6.45, 7) is 1.74. The molecule has 1 rings (SSSR count). The zero-order valence-electron chi connectivity index (χ0n) is 6.07. The number of nitrogens with zero attached hydrogens (tertiary/aromatic N) is 1. The highest BCUT2D eigenvalue weighted by Crippen LogP contribution is 2.17. The van der Waals surface area contributed by atoms with Crippen molar-refractivity contribution >= 4 is 12.0 Å². The quantitative estimate of drug-likeness (QED) is 0.478. The van der Waals surface area contributed by atoms with Gasteiger partial charge in [-0.05, 0) is 35.9 Å². The summed E-state index contributed by atoms with van der Waals surface area (Å²) in [7, 11) is 0. The van der Waals surface area contributed by atoms with E-state index in [1.165, 1.54) is 6.07 Å². The Bertz CT molecular complexity index is 294. The molecule has 0 amide bonds. The first kappa shape index (κ1) is 7.60. The lowest BCUT2D eigenvalue weighted by molar-refractivity contribution is 0.112. The van der Waals surface area contributed by atoms with E-state index in [-0.39, 0.29) is 0 Å². The van der Waals surface area contributed by atoms with Gasteiger partial charge in [0.15, 0.2) is 0 Å². The lowest BCUT2D eigenvalue weighted by atomic mass is 10.1. The molecule has 0 bridgehead atoms. The minimum absolute atomic E-state index is 0.385. The van der Waals surface area contributed by atoms with E-state index in [4.69, 9.17) is 0 Å². The minimum atomic E-state index is 0.385. The highest BCUT2D eigenvalue weighted by molar-refractivity contribution is 5.76. The van der Waals surface area contributed by atoms with E-state index in [0.29, 0.717) is 11.3 Å². The molecule has 0 fully saturated rings. The molecule has 0 aliphatic carbocycles. The number of aldehydes is 1. The largest absolute Gasteiger partial charge is 0.298 e. The van der Waals surface area contributed by atoms with Crippen LogP contribution in [-0.4, -0.2) is 6.29 Å². The molecule has 0 atom stereocenters. The molecule has 0 saturated heterocycles. The molecule has 0 aliphatic heterocycles. The normalized spacial score (nSPS) is 9.18. The summed E-state index contributed by atoms with van der Waals surface area (Å²) >= 11 is 0. The smallest absolute Gasteiger partial charge is 0.150 e. The van der Waals surface area contributed by atoms with Gasteiger partial charge in [-0.25, -0.2) is 0 Å². The van der Waals surface area contributed by atoms with Gasteiger partial charge >= 0.3 is 0 Å². The SMILES string of the molecule is Cc1cc(C=O)ccc1N=O. The predicted molar refractivity (Wildman–Crippen MR) is 42.0 cm³/mol. The zero-order valence-corrected chi connectivity index (χ0v) is 6.07. The summed E-state index contributed by atoms with van der Waals surface area (Å²) in [6, 6.07) is 4.73. The van der Waals surface area contributed by atoms with Crippen LogP contribution in [0, 0.1) is 11.8 Å². The van der Waals surface area contributed by atoms with Crippen LogP contribution in [0.5, 0.6) is 0 Å². The van der Waals surface area contributed by atoms with Gasteiger partial charge in [-0.1, -0.05) is 0 Å². The molecular formula is C8H7NO2. The first-order chi connectivity index (χ1) is 5.27. The molecule has 0 spiro atoms. The van der Waals surface area contributed by atoms with Crippen molar-refractivity contribution in [3.05, 3.63) is 34.2 Å². The summed E-state index contributed by atoms with van der Waals surface area (Å²) < 4.78 is 0. The molecule has 56 valence electrons. The van der Waals surface area contributed by atoms with Crippen LogP contribution >= 0.6 is 0 Å². The molecule has 0 saturated carbocycles. The maximum absolute atomic E-state index is 10.2. The van der Waals surface area contributed by atoms with Gasteiger partial charge in [0.25, 0.3) is 0 Å². The number of aryl methyl sites for hydroxylation is 1. The van der Waals surface area contributed by atoms with Crippen molar-refractivity contribution in [2.24, 2.45) is 5.18 Å². The molecule has 3 nitrogen and oxygen atoms in total. The summed E-state index contributed by atoms with van der Waals surface area (Å²) in [6.07, 6.45) is 0.738. The first-order valence-electron chi connectivity index (χ1n) is 3.17. The molecule has 11 heavy (non-hydrogen) atoms. The fraction of sp³-hybridized carbons (Fsp3) is 0.125. The number of hydrogen-bond acceptors (Lipinski definition) is 3. The van der Waals surface area contributed by atoms with Crippen LogP contribution in [0.15, 0.2) is 23.4 Å². The third-order valence-corrected chi connectivity index (χ3v) is 1.46. The summed E-state index contributed by atoms with van der Waals surface area (Å²) in [5, 5.41) is 2.78. The van der Waals surface area contributed by atoms with Crippen LogP contribution in [0.2, 0.25) is 0 Å². The lowest BCUT2D eigenvalue weighted by Gasteiger charge is -1.95. The maximum atomic E-state index is 10.2. The van der Waals surface area contributed by atoms with Crippen molar-refractivity contribution in [1.29, 1.82) is 0 Å². The van der Waals surface area contributed by atoms with Gasteiger partial charge in [0.05, 0.1) is 0 Å². The van der Waals surface area contributed by atoms with E-state index in [9.17, 15) is 9.70 Å². The second-order valence-corrected chi connectivity index (χ2v) is 2.26. The van der Waals surface area contributed by atoms with Gasteiger partial charge in [-0.2, -0.15) is 0 Å². The molecule has 0 unspecified atom stereocenters. The van der Waals surface area contributed by atoms with Gasteiger partial charge in [-0.15, -0.1) is 4.91 Å². The lowest BCUT2D eigenvalue weighted by Crippen LogP contribution is -1.80. The Hall–Kier alpha value is -1.51. The van der Waals surface area contributed by atoms with Crippen LogP contribution in [0.3, 0.4) is 0 Å². The van der Waals surface area contributed by atoms with Crippen LogP contribution in [0.4, 0.5) is 5.69 Å². The Morgan fingerprint density at radius 3 is 2.64 bits per heavy atom. The van der Waals surface area contributed by atoms with E-state index < -0.39 is 0 Å². The Morgan fingerprint density at radius 2 is 2.18 bits per heavy atom. The fourth-order valence-corrected chi connectivity index (χ4v) is 0.854. The van der Waals surface area contributed by atoms with Crippen molar-refractivity contribution in [3.8, 4) is 0 Å². The maximum Gasteiger partial charge on any atom is 0.150 e. The number of hydrogen-bond donors (Lipinski definition) is 0. The number of carbonyl (C=O) groups is 1. The molecule has 3 heteroatoms. The molecule has 0 heterocycles. The van der Waals surface area contributed by atoms with E-state index in [2.05, 4.69) is 5.18 Å². The molecule has 1 aromatic carbocycles. The van der Waals surface area contributed by atoms with Crippen molar-refractivity contribution in [1.82, 2.24) is 0 Å².